The molecule has 0 amide bonds. The molecule has 0 aliphatic carbocycles. The van der Waals surface area contributed by atoms with Crippen molar-refractivity contribution in [3.8, 4) is 11.5 Å². The summed E-state index contributed by atoms with van der Waals surface area (Å²) >= 11 is 10.3. The van der Waals surface area contributed by atoms with Gasteiger partial charge in [0, 0.05) is 15.7 Å². The molecule has 2 aromatic rings. The highest BCUT2D eigenvalue weighted by Crippen LogP contribution is 2.36. The maximum absolute atomic E-state index is 5.86. The number of methoxy groups -OCH3 is 1. The Hall–Kier alpha value is -0.720. The second-order valence-corrected chi connectivity index (χ2v) is 6.68. The van der Waals surface area contributed by atoms with Crippen molar-refractivity contribution in [1.82, 2.24) is 0 Å². The molecular formula is C14H12Br3NO2. The summed E-state index contributed by atoms with van der Waals surface area (Å²) in [5.41, 5.74) is 7.38. The molecule has 0 bridgehead atoms. The summed E-state index contributed by atoms with van der Waals surface area (Å²) in [4.78, 5) is 0. The molecule has 20 heavy (non-hydrogen) atoms. The van der Waals surface area contributed by atoms with Gasteiger partial charge in [-0.05, 0) is 62.2 Å². The number of anilines is 1. The Morgan fingerprint density at radius 2 is 1.70 bits per heavy atom. The summed E-state index contributed by atoms with van der Waals surface area (Å²) in [6, 6.07) is 9.40. The van der Waals surface area contributed by atoms with Gasteiger partial charge in [0.1, 0.15) is 18.1 Å². The summed E-state index contributed by atoms with van der Waals surface area (Å²) in [5, 5.41) is 0. The summed E-state index contributed by atoms with van der Waals surface area (Å²) in [5.74, 6) is 1.50. The van der Waals surface area contributed by atoms with Gasteiger partial charge in [-0.3, -0.25) is 0 Å². The Kier molecular flexibility index (Phi) is 5.35. The predicted molar refractivity (Wildman–Crippen MR) is 91.3 cm³/mol. The van der Waals surface area contributed by atoms with Crippen LogP contribution in [-0.4, -0.2) is 7.11 Å². The van der Waals surface area contributed by atoms with Crippen LogP contribution in [0.2, 0.25) is 0 Å². The number of hydrogen-bond acceptors (Lipinski definition) is 3. The number of nitrogens with two attached hydrogens (primary N) is 1. The van der Waals surface area contributed by atoms with E-state index in [2.05, 4.69) is 47.8 Å². The van der Waals surface area contributed by atoms with E-state index in [-0.39, 0.29) is 0 Å². The molecule has 6 heteroatoms. The predicted octanol–water partition coefficient (Wildman–Crippen LogP) is 5.14. The SMILES string of the molecule is COc1ccc(Br)cc1COc1c(Br)cc(N)cc1Br. The third-order valence-corrected chi connectivity index (χ3v) is 4.31. The van der Waals surface area contributed by atoms with E-state index in [1.54, 1.807) is 19.2 Å². The van der Waals surface area contributed by atoms with E-state index in [0.29, 0.717) is 18.0 Å². The van der Waals surface area contributed by atoms with E-state index in [1.807, 2.05) is 18.2 Å². The van der Waals surface area contributed by atoms with Crippen LogP contribution < -0.4 is 15.2 Å². The van der Waals surface area contributed by atoms with E-state index < -0.39 is 0 Å². The van der Waals surface area contributed by atoms with Crippen LogP contribution in [0.4, 0.5) is 5.69 Å². The zero-order valence-corrected chi connectivity index (χ0v) is 15.4. The highest BCUT2D eigenvalue weighted by atomic mass is 79.9. The first kappa shape index (κ1) is 15.7. The lowest BCUT2D eigenvalue weighted by Crippen LogP contribution is -2.00. The van der Waals surface area contributed by atoms with Crippen LogP contribution in [0.15, 0.2) is 43.7 Å². The lowest BCUT2D eigenvalue weighted by molar-refractivity contribution is 0.293. The van der Waals surface area contributed by atoms with E-state index in [1.165, 1.54) is 0 Å². The molecule has 0 saturated heterocycles. The minimum absolute atomic E-state index is 0.393. The third-order valence-electron chi connectivity index (χ3n) is 2.64. The molecule has 0 radical (unpaired) electrons. The van der Waals surface area contributed by atoms with E-state index >= 15 is 0 Å². The zero-order valence-electron chi connectivity index (χ0n) is 10.6. The van der Waals surface area contributed by atoms with Crippen molar-refractivity contribution in [1.29, 1.82) is 0 Å². The number of halogens is 3. The topological polar surface area (TPSA) is 44.5 Å². The minimum Gasteiger partial charge on any atom is -0.496 e. The second kappa shape index (κ2) is 6.83. The van der Waals surface area contributed by atoms with Gasteiger partial charge < -0.3 is 15.2 Å². The van der Waals surface area contributed by atoms with Crippen LogP contribution in [0.1, 0.15) is 5.56 Å². The summed E-state index contributed by atoms with van der Waals surface area (Å²) in [6.45, 7) is 0.393. The molecule has 2 rings (SSSR count). The van der Waals surface area contributed by atoms with E-state index in [0.717, 1.165) is 24.7 Å². The molecule has 2 aromatic carbocycles. The van der Waals surface area contributed by atoms with Gasteiger partial charge in [0.15, 0.2) is 0 Å². The molecule has 0 aliphatic rings. The molecule has 0 unspecified atom stereocenters. The molecule has 106 valence electrons. The fourth-order valence-corrected chi connectivity index (χ4v) is 3.59. The van der Waals surface area contributed by atoms with Gasteiger partial charge in [-0.1, -0.05) is 15.9 Å². The second-order valence-electron chi connectivity index (χ2n) is 4.06. The maximum Gasteiger partial charge on any atom is 0.148 e. The van der Waals surface area contributed by atoms with Crippen LogP contribution in [0, 0.1) is 0 Å². The monoisotopic (exact) mass is 463 g/mol. The molecule has 0 atom stereocenters. The van der Waals surface area contributed by atoms with Gasteiger partial charge >= 0.3 is 0 Å². The average molecular weight is 466 g/mol. The normalized spacial score (nSPS) is 10.4. The molecule has 2 N–H and O–H groups in total. The largest absolute Gasteiger partial charge is 0.496 e. The lowest BCUT2D eigenvalue weighted by atomic mass is 10.2. The summed E-state index contributed by atoms with van der Waals surface area (Å²) in [6.07, 6.45) is 0. The zero-order chi connectivity index (χ0) is 14.7. The van der Waals surface area contributed by atoms with Crippen molar-refractivity contribution in [2.24, 2.45) is 0 Å². The molecule has 3 nitrogen and oxygen atoms in total. The first-order chi connectivity index (χ1) is 9.51. The molecule has 0 aliphatic heterocycles. The Morgan fingerprint density at radius 3 is 2.30 bits per heavy atom. The van der Waals surface area contributed by atoms with Gasteiger partial charge in [-0.25, -0.2) is 0 Å². The van der Waals surface area contributed by atoms with Crippen LogP contribution in [0.5, 0.6) is 11.5 Å². The van der Waals surface area contributed by atoms with E-state index in [9.17, 15) is 0 Å². The number of benzene rings is 2. The maximum atomic E-state index is 5.86. The molecule has 0 spiro atoms. The highest BCUT2D eigenvalue weighted by Gasteiger charge is 2.10. The quantitative estimate of drug-likeness (QED) is 0.635. The first-order valence-corrected chi connectivity index (χ1v) is 8.09. The molecule has 0 aromatic heterocycles. The number of nitrogen functional groups attached to an aromatic ring is 1. The molecule has 0 fully saturated rings. The van der Waals surface area contributed by atoms with Crippen LogP contribution in [-0.2, 0) is 6.61 Å². The van der Waals surface area contributed by atoms with Crippen molar-refractivity contribution in [2.45, 2.75) is 6.61 Å². The Bertz CT molecular complexity index is 609. The van der Waals surface area contributed by atoms with Gasteiger partial charge in [0.2, 0.25) is 0 Å². The number of ether oxygens (including phenoxy) is 2. The van der Waals surface area contributed by atoms with Crippen molar-refractivity contribution < 1.29 is 9.47 Å². The smallest absolute Gasteiger partial charge is 0.148 e. The highest BCUT2D eigenvalue weighted by molar-refractivity contribution is 9.11. The van der Waals surface area contributed by atoms with Gasteiger partial charge in [0.25, 0.3) is 0 Å². The number of rotatable bonds is 4. The Morgan fingerprint density at radius 1 is 1.05 bits per heavy atom. The first-order valence-electron chi connectivity index (χ1n) is 5.71. The average Bonchev–Trinajstić information content (AvgIpc) is 2.37. The molecule has 0 saturated carbocycles. The Balaban J connectivity index is 2.23. The summed E-state index contributed by atoms with van der Waals surface area (Å²) < 4.78 is 13.8. The fraction of sp³-hybridized carbons (Fsp3) is 0.143. The summed E-state index contributed by atoms with van der Waals surface area (Å²) in [7, 11) is 1.64. The molecular weight excluding hydrogens is 454 g/mol. The number of hydrogen-bond donors (Lipinski definition) is 1. The van der Waals surface area contributed by atoms with Crippen LogP contribution in [0.25, 0.3) is 0 Å². The third kappa shape index (κ3) is 3.68. The van der Waals surface area contributed by atoms with Crippen molar-refractivity contribution >= 4 is 53.5 Å². The van der Waals surface area contributed by atoms with Gasteiger partial charge in [-0.2, -0.15) is 0 Å². The molecule has 0 heterocycles. The van der Waals surface area contributed by atoms with Crippen molar-refractivity contribution in [3.63, 3.8) is 0 Å². The standard InChI is InChI=1S/C14H12Br3NO2/c1-19-13-3-2-9(15)4-8(13)7-20-14-11(16)5-10(18)6-12(14)17/h2-6H,7,18H2,1H3. The van der Waals surface area contributed by atoms with Crippen LogP contribution >= 0.6 is 47.8 Å². The van der Waals surface area contributed by atoms with Crippen molar-refractivity contribution in [2.75, 3.05) is 12.8 Å². The van der Waals surface area contributed by atoms with Gasteiger partial charge in [0.05, 0.1) is 16.1 Å². The minimum atomic E-state index is 0.393. The van der Waals surface area contributed by atoms with Gasteiger partial charge in [-0.15, -0.1) is 0 Å². The Labute approximate surface area is 142 Å². The fourth-order valence-electron chi connectivity index (χ4n) is 1.73. The van der Waals surface area contributed by atoms with Crippen molar-refractivity contribution in [3.05, 3.63) is 49.3 Å². The van der Waals surface area contributed by atoms with Crippen LogP contribution in [0.3, 0.4) is 0 Å². The van der Waals surface area contributed by atoms with E-state index in [4.69, 9.17) is 15.2 Å². The lowest BCUT2D eigenvalue weighted by Gasteiger charge is -2.13.